The summed E-state index contributed by atoms with van der Waals surface area (Å²) in [6.45, 7) is 6.13. The van der Waals surface area contributed by atoms with E-state index in [1.807, 2.05) is 6.07 Å². The Hall–Kier alpha value is -1.26. The van der Waals surface area contributed by atoms with Gasteiger partial charge in [-0.25, -0.2) is 0 Å². The van der Waals surface area contributed by atoms with Crippen molar-refractivity contribution in [3.63, 3.8) is 0 Å². The number of hydrogen-bond acceptors (Lipinski definition) is 4. The van der Waals surface area contributed by atoms with E-state index in [1.54, 1.807) is 14.2 Å². The normalized spacial score (nSPS) is 23.0. The van der Waals surface area contributed by atoms with Crippen LogP contribution < -0.4 is 14.8 Å². The number of rotatable bonds is 7. The molecule has 118 valence electrons. The van der Waals surface area contributed by atoms with Gasteiger partial charge in [0.1, 0.15) is 0 Å². The predicted octanol–water partition coefficient (Wildman–Crippen LogP) is 3.17. The molecule has 2 rings (SSSR count). The van der Waals surface area contributed by atoms with Crippen molar-refractivity contribution in [1.82, 2.24) is 5.32 Å². The minimum Gasteiger partial charge on any atom is -0.493 e. The van der Waals surface area contributed by atoms with Crippen molar-refractivity contribution in [3.05, 3.63) is 23.8 Å². The smallest absolute Gasteiger partial charge is 0.161 e. The van der Waals surface area contributed by atoms with Crippen molar-refractivity contribution in [3.8, 4) is 11.5 Å². The lowest BCUT2D eigenvalue weighted by Crippen LogP contribution is -2.32. The molecule has 0 aliphatic carbocycles. The Bertz CT molecular complexity index is 450. The van der Waals surface area contributed by atoms with Gasteiger partial charge in [-0.1, -0.05) is 19.9 Å². The minimum atomic E-state index is 0.294. The number of methoxy groups -OCH3 is 2. The Morgan fingerprint density at radius 1 is 1.24 bits per heavy atom. The lowest BCUT2D eigenvalue weighted by Gasteiger charge is -2.28. The van der Waals surface area contributed by atoms with E-state index in [2.05, 4.69) is 31.3 Å². The molecule has 4 heteroatoms. The molecule has 0 spiro atoms. The topological polar surface area (TPSA) is 39.7 Å². The highest BCUT2D eigenvalue weighted by Gasteiger charge is 2.34. The summed E-state index contributed by atoms with van der Waals surface area (Å²) in [6.07, 6.45) is 2.49. The van der Waals surface area contributed by atoms with E-state index < -0.39 is 0 Å². The Balaban J connectivity index is 2.29. The molecule has 0 aromatic heterocycles. The number of benzene rings is 1. The molecule has 3 atom stereocenters. The third-order valence-corrected chi connectivity index (χ3v) is 4.28. The fraction of sp³-hybridized carbons (Fsp3) is 0.647. The average Bonchev–Trinajstić information content (AvgIpc) is 3.00. The first-order valence-corrected chi connectivity index (χ1v) is 7.82. The standard InChI is InChI=1S/C17H27NO3/c1-5-14-13(9-10-21-14)17(18-6-2)12-7-8-15(19-3)16(11-12)20-4/h7-8,11,13-14,17-18H,5-6,9-10H2,1-4H3. The van der Waals surface area contributed by atoms with Crippen LogP contribution in [0.2, 0.25) is 0 Å². The van der Waals surface area contributed by atoms with Crippen LogP contribution >= 0.6 is 0 Å². The van der Waals surface area contributed by atoms with Crippen LogP contribution in [0.15, 0.2) is 18.2 Å². The van der Waals surface area contributed by atoms with Gasteiger partial charge in [0.25, 0.3) is 0 Å². The lowest BCUT2D eigenvalue weighted by molar-refractivity contribution is 0.0775. The zero-order valence-electron chi connectivity index (χ0n) is 13.5. The monoisotopic (exact) mass is 293 g/mol. The molecule has 0 radical (unpaired) electrons. The van der Waals surface area contributed by atoms with Gasteiger partial charge in [0.2, 0.25) is 0 Å². The van der Waals surface area contributed by atoms with Crippen LogP contribution in [0, 0.1) is 5.92 Å². The number of ether oxygens (including phenoxy) is 3. The fourth-order valence-corrected chi connectivity index (χ4v) is 3.25. The van der Waals surface area contributed by atoms with Crippen LogP contribution in [0.5, 0.6) is 11.5 Å². The van der Waals surface area contributed by atoms with Crippen LogP contribution in [0.1, 0.15) is 38.3 Å². The molecular formula is C17H27NO3. The van der Waals surface area contributed by atoms with Gasteiger partial charge in [0, 0.05) is 18.6 Å². The van der Waals surface area contributed by atoms with Gasteiger partial charge in [0.05, 0.1) is 20.3 Å². The summed E-state index contributed by atoms with van der Waals surface area (Å²) < 4.78 is 16.6. The van der Waals surface area contributed by atoms with E-state index in [9.17, 15) is 0 Å². The van der Waals surface area contributed by atoms with E-state index >= 15 is 0 Å². The summed E-state index contributed by atoms with van der Waals surface area (Å²) >= 11 is 0. The average molecular weight is 293 g/mol. The molecule has 1 aromatic rings. The van der Waals surface area contributed by atoms with Crippen molar-refractivity contribution in [2.75, 3.05) is 27.4 Å². The summed E-state index contributed by atoms with van der Waals surface area (Å²) in [4.78, 5) is 0. The predicted molar refractivity (Wildman–Crippen MR) is 84.1 cm³/mol. The maximum atomic E-state index is 5.87. The Labute approximate surface area is 127 Å². The Kier molecular flexibility index (Phi) is 5.88. The zero-order chi connectivity index (χ0) is 15.2. The van der Waals surface area contributed by atoms with Gasteiger partial charge < -0.3 is 19.5 Å². The zero-order valence-corrected chi connectivity index (χ0v) is 13.5. The molecule has 0 bridgehead atoms. The molecule has 1 aliphatic rings. The Morgan fingerprint density at radius 3 is 2.62 bits per heavy atom. The van der Waals surface area contributed by atoms with Crippen molar-refractivity contribution < 1.29 is 14.2 Å². The van der Waals surface area contributed by atoms with Gasteiger partial charge in [-0.2, -0.15) is 0 Å². The molecule has 1 heterocycles. The summed E-state index contributed by atoms with van der Waals surface area (Å²) in [7, 11) is 3.34. The Morgan fingerprint density at radius 2 is 2.00 bits per heavy atom. The largest absolute Gasteiger partial charge is 0.493 e. The van der Waals surface area contributed by atoms with Gasteiger partial charge in [0.15, 0.2) is 11.5 Å². The van der Waals surface area contributed by atoms with E-state index in [1.165, 1.54) is 5.56 Å². The SMILES string of the molecule is CCNC(c1ccc(OC)c(OC)c1)C1CCOC1CC. The third kappa shape index (κ3) is 3.50. The van der Waals surface area contributed by atoms with Crippen molar-refractivity contribution in [2.45, 2.75) is 38.8 Å². The molecule has 21 heavy (non-hydrogen) atoms. The molecule has 4 nitrogen and oxygen atoms in total. The first kappa shape index (κ1) is 16.1. The molecule has 1 fully saturated rings. The maximum absolute atomic E-state index is 5.87. The fourth-order valence-electron chi connectivity index (χ4n) is 3.25. The second kappa shape index (κ2) is 7.66. The summed E-state index contributed by atoms with van der Waals surface area (Å²) in [5.74, 6) is 2.06. The van der Waals surface area contributed by atoms with Crippen LogP contribution in [0.3, 0.4) is 0 Å². The third-order valence-electron chi connectivity index (χ3n) is 4.28. The van der Waals surface area contributed by atoms with E-state index in [0.29, 0.717) is 18.1 Å². The van der Waals surface area contributed by atoms with Gasteiger partial charge in [-0.15, -0.1) is 0 Å². The first-order chi connectivity index (χ1) is 10.2. The second-order valence-corrected chi connectivity index (χ2v) is 5.42. The van der Waals surface area contributed by atoms with Gasteiger partial charge in [-0.3, -0.25) is 0 Å². The van der Waals surface area contributed by atoms with E-state index in [4.69, 9.17) is 14.2 Å². The van der Waals surface area contributed by atoms with Gasteiger partial charge >= 0.3 is 0 Å². The van der Waals surface area contributed by atoms with Crippen LogP contribution in [-0.4, -0.2) is 33.5 Å². The molecule has 1 aromatic carbocycles. The molecule has 0 saturated carbocycles. The molecule has 1 N–H and O–H groups in total. The van der Waals surface area contributed by atoms with E-state index in [-0.39, 0.29) is 0 Å². The molecule has 0 amide bonds. The van der Waals surface area contributed by atoms with Crippen molar-refractivity contribution in [1.29, 1.82) is 0 Å². The van der Waals surface area contributed by atoms with E-state index in [0.717, 1.165) is 37.5 Å². The first-order valence-electron chi connectivity index (χ1n) is 7.82. The number of nitrogens with one attached hydrogen (secondary N) is 1. The molecule has 1 aliphatic heterocycles. The van der Waals surface area contributed by atoms with Crippen molar-refractivity contribution in [2.24, 2.45) is 5.92 Å². The second-order valence-electron chi connectivity index (χ2n) is 5.42. The maximum Gasteiger partial charge on any atom is 0.161 e. The van der Waals surface area contributed by atoms with Crippen LogP contribution in [0.4, 0.5) is 0 Å². The highest BCUT2D eigenvalue weighted by molar-refractivity contribution is 5.44. The summed E-state index contributed by atoms with van der Waals surface area (Å²) in [5.41, 5.74) is 1.24. The minimum absolute atomic E-state index is 0.294. The summed E-state index contributed by atoms with van der Waals surface area (Å²) in [5, 5.41) is 3.62. The van der Waals surface area contributed by atoms with Crippen LogP contribution in [0.25, 0.3) is 0 Å². The van der Waals surface area contributed by atoms with Crippen LogP contribution in [-0.2, 0) is 4.74 Å². The molecule has 3 unspecified atom stereocenters. The highest BCUT2D eigenvalue weighted by atomic mass is 16.5. The lowest BCUT2D eigenvalue weighted by atomic mass is 9.86. The molecular weight excluding hydrogens is 266 g/mol. The highest BCUT2D eigenvalue weighted by Crippen LogP contribution is 2.38. The van der Waals surface area contributed by atoms with Gasteiger partial charge in [-0.05, 0) is 37.1 Å². The molecule has 1 saturated heterocycles. The quantitative estimate of drug-likeness (QED) is 0.838. The van der Waals surface area contributed by atoms with Crippen molar-refractivity contribution >= 4 is 0 Å². The number of hydrogen-bond donors (Lipinski definition) is 1. The summed E-state index contributed by atoms with van der Waals surface area (Å²) in [6, 6.07) is 6.48.